The van der Waals surface area contributed by atoms with Gasteiger partial charge in [0.2, 0.25) is 0 Å². The molecular weight excluding hydrogens is 204 g/mol. The maximum Gasteiger partial charge on any atom is 0.0310 e. The Bertz CT molecular complexity index is 121. The molecule has 0 aliphatic rings. The van der Waals surface area contributed by atoms with E-state index in [1.165, 1.54) is 57.8 Å². The highest BCUT2D eigenvalue weighted by Gasteiger charge is 2.05. The average molecular weight is 233 g/mol. The summed E-state index contributed by atoms with van der Waals surface area (Å²) in [7, 11) is 0. The lowest BCUT2D eigenvalue weighted by molar-refractivity contribution is 0.453. The lowest BCUT2D eigenvalue weighted by atomic mass is 9.98. The summed E-state index contributed by atoms with van der Waals surface area (Å²) in [4.78, 5) is 0. The molecule has 0 aliphatic heterocycles. The molecule has 0 bridgehead atoms. The van der Waals surface area contributed by atoms with Gasteiger partial charge in [0, 0.05) is 5.38 Å². The molecule has 0 spiro atoms. The summed E-state index contributed by atoms with van der Waals surface area (Å²) in [6.07, 6.45) is 12.4. The number of unbranched alkanes of at least 4 members (excludes halogenated alkanes) is 6. The first-order valence-corrected chi connectivity index (χ1v) is 7.24. The van der Waals surface area contributed by atoms with Gasteiger partial charge in [-0.3, -0.25) is 0 Å². The van der Waals surface area contributed by atoms with Crippen LogP contribution >= 0.6 is 11.6 Å². The fourth-order valence-corrected chi connectivity index (χ4v) is 2.43. The highest BCUT2D eigenvalue weighted by atomic mass is 35.5. The van der Waals surface area contributed by atoms with Gasteiger partial charge in [-0.25, -0.2) is 0 Å². The summed E-state index contributed by atoms with van der Waals surface area (Å²) in [5.74, 6) is 0.813. The standard InChI is InChI=1S/C14H29Cl/c1-4-5-6-7-8-9-10-11-13(2)12-14(3)15/h13-14H,4-12H2,1-3H3. The highest BCUT2D eigenvalue weighted by Crippen LogP contribution is 2.18. The van der Waals surface area contributed by atoms with Gasteiger partial charge in [-0.2, -0.15) is 0 Å². The second-order valence-electron chi connectivity index (χ2n) is 5.03. The molecule has 0 amide bonds. The molecule has 0 aromatic rings. The fourth-order valence-electron chi connectivity index (χ4n) is 2.12. The maximum atomic E-state index is 5.97. The van der Waals surface area contributed by atoms with Crippen LogP contribution < -0.4 is 0 Å². The highest BCUT2D eigenvalue weighted by molar-refractivity contribution is 6.20. The topological polar surface area (TPSA) is 0 Å². The summed E-state index contributed by atoms with van der Waals surface area (Å²) >= 11 is 5.97. The van der Waals surface area contributed by atoms with Crippen molar-refractivity contribution < 1.29 is 0 Å². The minimum absolute atomic E-state index is 0.351. The first kappa shape index (κ1) is 15.3. The molecule has 2 unspecified atom stereocenters. The van der Waals surface area contributed by atoms with Gasteiger partial charge in [-0.1, -0.05) is 65.2 Å². The number of hydrogen-bond donors (Lipinski definition) is 0. The van der Waals surface area contributed by atoms with Crippen LogP contribution in [0.25, 0.3) is 0 Å². The molecule has 0 aliphatic carbocycles. The van der Waals surface area contributed by atoms with Crippen LogP contribution in [0.15, 0.2) is 0 Å². The Morgan fingerprint density at radius 1 is 0.867 bits per heavy atom. The van der Waals surface area contributed by atoms with E-state index in [-0.39, 0.29) is 0 Å². The van der Waals surface area contributed by atoms with Crippen LogP contribution in [-0.2, 0) is 0 Å². The van der Waals surface area contributed by atoms with E-state index >= 15 is 0 Å². The first-order chi connectivity index (χ1) is 7.16. The van der Waals surface area contributed by atoms with Crippen molar-refractivity contribution in [1.82, 2.24) is 0 Å². The zero-order valence-electron chi connectivity index (χ0n) is 10.9. The average Bonchev–Trinajstić information content (AvgIpc) is 2.15. The third-order valence-electron chi connectivity index (χ3n) is 3.03. The molecule has 0 fully saturated rings. The number of halogens is 1. The molecule has 0 rings (SSSR count). The van der Waals surface area contributed by atoms with Crippen molar-refractivity contribution in [2.75, 3.05) is 0 Å². The van der Waals surface area contributed by atoms with Gasteiger partial charge in [0.25, 0.3) is 0 Å². The van der Waals surface area contributed by atoms with Gasteiger partial charge in [0.05, 0.1) is 0 Å². The van der Waals surface area contributed by atoms with E-state index in [9.17, 15) is 0 Å². The van der Waals surface area contributed by atoms with Crippen LogP contribution in [0.2, 0.25) is 0 Å². The largest absolute Gasteiger partial charge is 0.123 e. The minimum Gasteiger partial charge on any atom is -0.123 e. The molecule has 0 aromatic carbocycles. The summed E-state index contributed by atoms with van der Waals surface area (Å²) in [5.41, 5.74) is 0. The smallest absolute Gasteiger partial charge is 0.0310 e. The second kappa shape index (κ2) is 10.8. The third-order valence-corrected chi connectivity index (χ3v) is 3.21. The number of rotatable bonds is 10. The summed E-state index contributed by atoms with van der Waals surface area (Å²) in [6.45, 7) is 6.70. The molecule has 0 heterocycles. The zero-order valence-corrected chi connectivity index (χ0v) is 11.7. The molecule has 92 valence electrons. The summed E-state index contributed by atoms with van der Waals surface area (Å²) in [5, 5.41) is 0.351. The predicted molar refractivity (Wildman–Crippen MR) is 71.7 cm³/mol. The first-order valence-electron chi connectivity index (χ1n) is 6.80. The van der Waals surface area contributed by atoms with Crippen molar-refractivity contribution in [2.45, 2.75) is 83.9 Å². The summed E-state index contributed by atoms with van der Waals surface area (Å²) in [6, 6.07) is 0. The monoisotopic (exact) mass is 232 g/mol. The second-order valence-corrected chi connectivity index (χ2v) is 5.78. The van der Waals surface area contributed by atoms with Crippen molar-refractivity contribution in [3.63, 3.8) is 0 Å². The molecule has 1 heteroatoms. The van der Waals surface area contributed by atoms with E-state index in [0.717, 1.165) is 5.92 Å². The van der Waals surface area contributed by atoms with Crippen LogP contribution in [0.3, 0.4) is 0 Å². The van der Waals surface area contributed by atoms with Crippen molar-refractivity contribution in [2.24, 2.45) is 5.92 Å². The van der Waals surface area contributed by atoms with E-state index in [4.69, 9.17) is 11.6 Å². The summed E-state index contributed by atoms with van der Waals surface area (Å²) < 4.78 is 0. The molecular formula is C14H29Cl. The molecule has 0 aromatic heterocycles. The van der Waals surface area contributed by atoms with Crippen molar-refractivity contribution in [1.29, 1.82) is 0 Å². The van der Waals surface area contributed by atoms with Crippen LogP contribution in [-0.4, -0.2) is 5.38 Å². The third kappa shape index (κ3) is 12.2. The molecule has 0 nitrogen and oxygen atoms in total. The Morgan fingerprint density at radius 2 is 1.40 bits per heavy atom. The van der Waals surface area contributed by atoms with Gasteiger partial charge in [0.1, 0.15) is 0 Å². The van der Waals surface area contributed by atoms with E-state index in [0.29, 0.717) is 5.38 Å². The van der Waals surface area contributed by atoms with Crippen molar-refractivity contribution in [3.05, 3.63) is 0 Å². The van der Waals surface area contributed by atoms with Crippen LogP contribution in [0, 0.1) is 5.92 Å². The van der Waals surface area contributed by atoms with Crippen LogP contribution in [0.4, 0.5) is 0 Å². The number of alkyl halides is 1. The van der Waals surface area contributed by atoms with Gasteiger partial charge >= 0.3 is 0 Å². The lowest BCUT2D eigenvalue weighted by Gasteiger charge is -2.12. The molecule has 2 atom stereocenters. The fraction of sp³-hybridized carbons (Fsp3) is 1.00. The molecule has 0 N–H and O–H groups in total. The molecule has 15 heavy (non-hydrogen) atoms. The Labute approximate surface area is 102 Å². The van der Waals surface area contributed by atoms with Gasteiger partial charge in [-0.15, -0.1) is 11.6 Å². The predicted octanol–water partition coefficient (Wildman–Crippen LogP) is 5.78. The lowest BCUT2D eigenvalue weighted by Crippen LogP contribution is -2.01. The van der Waals surface area contributed by atoms with Crippen LogP contribution in [0.1, 0.15) is 78.6 Å². The Hall–Kier alpha value is 0.290. The Kier molecular flexibility index (Phi) is 11.0. The molecule has 0 saturated heterocycles. The van der Waals surface area contributed by atoms with E-state index < -0.39 is 0 Å². The normalized spacial score (nSPS) is 15.2. The Morgan fingerprint density at radius 3 is 1.93 bits per heavy atom. The SMILES string of the molecule is CCCCCCCCCC(C)CC(C)Cl. The quantitative estimate of drug-likeness (QED) is 0.331. The van der Waals surface area contributed by atoms with Crippen LogP contribution in [0.5, 0.6) is 0 Å². The van der Waals surface area contributed by atoms with Gasteiger partial charge < -0.3 is 0 Å². The van der Waals surface area contributed by atoms with Gasteiger partial charge in [-0.05, 0) is 19.3 Å². The maximum absolute atomic E-state index is 5.97. The van der Waals surface area contributed by atoms with E-state index in [1.54, 1.807) is 0 Å². The minimum atomic E-state index is 0.351. The van der Waals surface area contributed by atoms with E-state index in [1.807, 2.05) is 0 Å². The van der Waals surface area contributed by atoms with E-state index in [2.05, 4.69) is 20.8 Å². The molecule has 0 radical (unpaired) electrons. The molecule has 0 saturated carbocycles. The van der Waals surface area contributed by atoms with Crippen molar-refractivity contribution >= 4 is 11.6 Å². The van der Waals surface area contributed by atoms with Gasteiger partial charge in [0.15, 0.2) is 0 Å². The zero-order chi connectivity index (χ0) is 11.5. The Balaban J connectivity index is 3.09. The van der Waals surface area contributed by atoms with Crippen molar-refractivity contribution in [3.8, 4) is 0 Å². The number of hydrogen-bond acceptors (Lipinski definition) is 0.